The van der Waals surface area contributed by atoms with Crippen molar-refractivity contribution in [3.8, 4) is 0 Å². The normalized spacial score (nSPS) is 57.7. The molecule has 5 aliphatic carbocycles. The summed E-state index contributed by atoms with van der Waals surface area (Å²) in [4.78, 5) is 16.7. The van der Waals surface area contributed by atoms with E-state index >= 15 is 0 Å². The zero-order chi connectivity index (χ0) is 25.3. The highest BCUT2D eigenvalue weighted by Crippen LogP contribution is 2.88. The molecular formula is C30H50N2O3. The van der Waals surface area contributed by atoms with Gasteiger partial charge in [0, 0.05) is 35.3 Å². The fourth-order valence-electron chi connectivity index (χ4n) is 11.6. The number of ether oxygens (including phenoxy) is 1. The number of carbonyl (C=O) groups excluding carboxylic acids is 1. The number of nitrogens with zero attached hydrogens (tertiary/aromatic N) is 1. The number of aliphatic hydroxyl groups is 1. The van der Waals surface area contributed by atoms with E-state index in [4.69, 9.17) is 4.74 Å². The van der Waals surface area contributed by atoms with Crippen LogP contribution in [0.25, 0.3) is 0 Å². The highest BCUT2D eigenvalue weighted by molar-refractivity contribution is 5.92. The molecule has 2 N–H and O–H groups in total. The lowest BCUT2D eigenvalue weighted by molar-refractivity contribution is -0.194. The minimum Gasteiger partial charge on any atom is -0.393 e. The molecule has 1 saturated heterocycles. The monoisotopic (exact) mass is 486 g/mol. The molecule has 2 spiro atoms. The molecule has 0 aromatic carbocycles. The fourth-order valence-corrected chi connectivity index (χ4v) is 11.6. The highest BCUT2D eigenvalue weighted by atomic mass is 16.5. The molecule has 0 aromatic heterocycles. The number of hydrogen-bond acceptors (Lipinski definition) is 5. The van der Waals surface area contributed by atoms with Crippen LogP contribution in [-0.2, 0) is 9.53 Å². The maximum absolute atomic E-state index is 14.4. The molecule has 6 aliphatic rings. The Morgan fingerprint density at radius 1 is 1.06 bits per heavy atom. The summed E-state index contributed by atoms with van der Waals surface area (Å²) in [7, 11) is 4.24. The zero-order valence-electron chi connectivity index (χ0n) is 23.5. The molecule has 5 heteroatoms. The van der Waals surface area contributed by atoms with E-state index < -0.39 is 0 Å². The summed E-state index contributed by atoms with van der Waals surface area (Å²) < 4.78 is 6.43. The maximum atomic E-state index is 14.4. The second-order valence-corrected chi connectivity index (χ2v) is 15.2. The van der Waals surface area contributed by atoms with Crippen LogP contribution < -0.4 is 5.32 Å². The van der Waals surface area contributed by atoms with E-state index in [9.17, 15) is 9.90 Å². The van der Waals surface area contributed by atoms with Gasteiger partial charge in [-0.25, -0.2) is 0 Å². The van der Waals surface area contributed by atoms with Crippen molar-refractivity contribution in [3.63, 3.8) is 0 Å². The van der Waals surface area contributed by atoms with Gasteiger partial charge >= 0.3 is 0 Å². The van der Waals surface area contributed by atoms with Crippen molar-refractivity contribution in [2.45, 2.75) is 111 Å². The van der Waals surface area contributed by atoms with Crippen molar-refractivity contribution in [1.82, 2.24) is 10.2 Å². The van der Waals surface area contributed by atoms with Crippen molar-refractivity contribution in [2.75, 3.05) is 20.7 Å². The van der Waals surface area contributed by atoms with Crippen molar-refractivity contribution >= 4 is 5.78 Å². The first kappa shape index (κ1) is 24.8. The predicted molar refractivity (Wildman–Crippen MR) is 138 cm³/mol. The standard InChI is InChI=1S/C30H50N2O3/c1-17(2)25-31-22-11-12-29-15-30(29)21(10-9-20(29)26(22,4)16-35-25)27(5)13-19(33)24(18(3)32(7)8)28(27,6)14-23(30)34/h17-22,24-25,31,33H,9-16H2,1-8H3/t18-,19?,20-,21-,22-,24-,25-,26-,27-,28+,29+,30-/m0/s1. The smallest absolute Gasteiger partial charge is 0.140 e. The number of Topliss-reactive ketones (excluding diaryl/α,β-unsaturated/α-hetero) is 1. The Balaban J connectivity index is 1.36. The lowest BCUT2D eigenvalue weighted by atomic mass is 9.41. The average molecular weight is 487 g/mol. The Kier molecular flexibility index (Phi) is 5.20. The first-order chi connectivity index (χ1) is 16.3. The van der Waals surface area contributed by atoms with Crippen LogP contribution in [0.2, 0.25) is 0 Å². The van der Waals surface area contributed by atoms with E-state index in [2.05, 4.69) is 65.9 Å². The number of ketones is 1. The molecule has 0 amide bonds. The third-order valence-corrected chi connectivity index (χ3v) is 13.6. The van der Waals surface area contributed by atoms with Crippen LogP contribution in [0.1, 0.15) is 86.5 Å². The molecule has 198 valence electrons. The third kappa shape index (κ3) is 2.72. The molecule has 5 saturated carbocycles. The molecule has 0 aromatic rings. The van der Waals surface area contributed by atoms with Crippen LogP contribution in [0.3, 0.4) is 0 Å². The molecule has 6 fully saturated rings. The van der Waals surface area contributed by atoms with E-state index in [1.807, 2.05) is 0 Å². The number of carbonyl (C=O) groups is 1. The van der Waals surface area contributed by atoms with Gasteiger partial charge in [0.15, 0.2) is 0 Å². The van der Waals surface area contributed by atoms with Gasteiger partial charge in [0.05, 0.1) is 12.7 Å². The number of rotatable bonds is 3. The maximum Gasteiger partial charge on any atom is 0.140 e. The van der Waals surface area contributed by atoms with E-state index in [-0.39, 0.29) is 51.4 Å². The largest absolute Gasteiger partial charge is 0.393 e. The van der Waals surface area contributed by atoms with Crippen LogP contribution in [-0.4, -0.2) is 60.9 Å². The van der Waals surface area contributed by atoms with Crippen molar-refractivity contribution < 1.29 is 14.6 Å². The molecule has 5 nitrogen and oxygen atoms in total. The fraction of sp³-hybridized carbons (Fsp3) is 0.967. The van der Waals surface area contributed by atoms with Gasteiger partial charge in [-0.2, -0.15) is 0 Å². The van der Waals surface area contributed by atoms with Gasteiger partial charge in [-0.1, -0.05) is 34.6 Å². The summed E-state index contributed by atoms with van der Waals surface area (Å²) >= 11 is 0. The molecule has 1 aliphatic heterocycles. The minimum atomic E-state index is -0.324. The summed E-state index contributed by atoms with van der Waals surface area (Å²) in [5.74, 6) is 2.14. The molecule has 1 heterocycles. The van der Waals surface area contributed by atoms with E-state index in [0.717, 1.165) is 32.3 Å². The first-order valence-corrected chi connectivity index (χ1v) is 14.5. The summed E-state index contributed by atoms with van der Waals surface area (Å²) in [6, 6.07) is 0.753. The van der Waals surface area contributed by atoms with Gasteiger partial charge in [-0.15, -0.1) is 0 Å². The number of fused-ring (bicyclic) bond motifs is 4. The highest BCUT2D eigenvalue weighted by Gasteiger charge is 2.86. The molecule has 12 atom stereocenters. The average Bonchev–Trinajstić information content (AvgIpc) is 3.41. The van der Waals surface area contributed by atoms with E-state index in [1.54, 1.807) is 0 Å². The third-order valence-electron chi connectivity index (χ3n) is 13.6. The first-order valence-electron chi connectivity index (χ1n) is 14.5. The van der Waals surface area contributed by atoms with Gasteiger partial charge in [0.25, 0.3) is 0 Å². The Labute approximate surface area is 213 Å². The number of nitrogens with one attached hydrogen (secondary N) is 1. The molecule has 0 bridgehead atoms. The van der Waals surface area contributed by atoms with E-state index in [1.165, 1.54) is 12.8 Å². The lowest BCUT2D eigenvalue weighted by Crippen LogP contribution is -2.67. The second-order valence-electron chi connectivity index (χ2n) is 15.2. The molecule has 0 radical (unpaired) electrons. The topological polar surface area (TPSA) is 61.8 Å². The lowest BCUT2D eigenvalue weighted by Gasteiger charge is -2.64. The quantitative estimate of drug-likeness (QED) is 0.616. The Hall–Kier alpha value is -0.490. The summed E-state index contributed by atoms with van der Waals surface area (Å²) in [6.45, 7) is 14.9. The summed E-state index contributed by atoms with van der Waals surface area (Å²) in [5.41, 5.74) is 0.00107. The summed E-state index contributed by atoms with van der Waals surface area (Å²) in [5, 5.41) is 15.4. The number of aliphatic hydroxyl groups excluding tert-OH is 1. The Bertz CT molecular complexity index is 921. The Morgan fingerprint density at radius 3 is 2.40 bits per heavy atom. The van der Waals surface area contributed by atoms with Crippen molar-refractivity contribution in [3.05, 3.63) is 0 Å². The van der Waals surface area contributed by atoms with Gasteiger partial charge in [-0.05, 0) is 93.5 Å². The zero-order valence-corrected chi connectivity index (χ0v) is 23.5. The SMILES string of the molecule is CC(C)[C@H]1N[C@H]2CC[C@]34C[C@]35C(=O)C[C@]3(C)[C@@H]([C@H](C)N(C)C)C(O)C[C@@]3(C)[C@@H]5CC[C@H]4[C@]2(C)CO1. The second kappa shape index (κ2) is 7.33. The number of hydrogen-bond donors (Lipinski definition) is 2. The van der Waals surface area contributed by atoms with E-state index in [0.29, 0.717) is 36.0 Å². The van der Waals surface area contributed by atoms with Crippen molar-refractivity contribution in [1.29, 1.82) is 0 Å². The molecule has 6 rings (SSSR count). The predicted octanol–water partition coefficient (Wildman–Crippen LogP) is 4.48. The molecule has 1 unspecified atom stereocenters. The van der Waals surface area contributed by atoms with Gasteiger partial charge in [-0.3, -0.25) is 10.1 Å². The van der Waals surface area contributed by atoms with Crippen LogP contribution in [0, 0.1) is 50.7 Å². The van der Waals surface area contributed by atoms with Crippen LogP contribution >= 0.6 is 0 Å². The van der Waals surface area contributed by atoms with Gasteiger partial charge in [0.1, 0.15) is 12.0 Å². The Morgan fingerprint density at radius 2 is 1.74 bits per heavy atom. The van der Waals surface area contributed by atoms with Crippen LogP contribution in [0.4, 0.5) is 0 Å². The summed E-state index contributed by atoms with van der Waals surface area (Å²) in [6.07, 6.45) is 7.12. The van der Waals surface area contributed by atoms with Crippen LogP contribution in [0.15, 0.2) is 0 Å². The molecular weight excluding hydrogens is 436 g/mol. The van der Waals surface area contributed by atoms with Crippen molar-refractivity contribution in [2.24, 2.45) is 50.7 Å². The van der Waals surface area contributed by atoms with Gasteiger partial charge < -0.3 is 14.7 Å². The minimum absolute atomic E-state index is 0.0194. The van der Waals surface area contributed by atoms with Gasteiger partial charge in [0.2, 0.25) is 0 Å². The van der Waals surface area contributed by atoms with Crippen LogP contribution in [0.5, 0.6) is 0 Å². The molecule has 35 heavy (non-hydrogen) atoms.